The number of fused-ring (bicyclic) bond motifs is 1. The third-order valence-corrected chi connectivity index (χ3v) is 4.65. The molecule has 1 aromatic heterocycles. The van der Waals surface area contributed by atoms with Gasteiger partial charge in [-0.2, -0.15) is 0 Å². The Hall–Kier alpha value is -3.22. The van der Waals surface area contributed by atoms with Gasteiger partial charge >= 0.3 is 6.16 Å². The number of para-hydroxylation sites is 1. The van der Waals surface area contributed by atoms with Crippen LogP contribution < -0.4 is 5.43 Å². The first-order chi connectivity index (χ1) is 12.7. The Balaban J connectivity index is 2.36. The average molecular weight is 369 g/mol. The Bertz CT molecular complexity index is 1080. The zero-order valence-electron chi connectivity index (χ0n) is 15.4. The monoisotopic (exact) mass is 369 g/mol. The quantitative estimate of drug-likeness (QED) is 0.825. The molecule has 1 aliphatic rings. The van der Waals surface area contributed by atoms with Crippen molar-refractivity contribution < 1.29 is 23.8 Å². The lowest BCUT2D eigenvalue weighted by Crippen LogP contribution is -2.33. The number of aryl methyl sites for hydroxylation is 1. The third kappa shape index (κ3) is 3.28. The summed E-state index contributed by atoms with van der Waals surface area (Å²) in [6.07, 6.45) is -1.50. The topological polar surface area (TPSA) is 106 Å². The Labute approximate surface area is 155 Å². The zero-order chi connectivity index (χ0) is 19.9. The van der Waals surface area contributed by atoms with Gasteiger partial charge in [0.25, 0.3) is 0 Å². The van der Waals surface area contributed by atoms with E-state index in [1.54, 1.807) is 39.0 Å². The number of hydrogen-bond acceptors (Lipinski definition) is 6. The first-order valence-corrected chi connectivity index (χ1v) is 8.41. The molecule has 1 unspecified atom stereocenters. The molecule has 0 radical (unpaired) electrons. The predicted octanol–water partition coefficient (Wildman–Crippen LogP) is 3.79. The molecule has 0 spiro atoms. The minimum absolute atomic E-state index is 0.0601. The molecule has 2 atom stereocenters. The molecule has 7 nitrogen and oxygen atoms in total. The summed E-state index contributed by atoms with van der Waals surface area (Å²) >= 11 is 0. The third-order valence-electron chi connectivity index (χ3n) is 4.65. The largest absolute Gasteiger partial charge is 0.511 e. The number of hydrogen-bond donors (Lipinski definition) is 1. The summed E-state index contributed by atoms with van der Waals surface area (Å²) in [6.45, 7) is 6.41. The molecule has 0 bridgehead atoms. The van der Waals surface area contributed by atoms with Crippen LogP contribution in [0.1, 0.15) is 38.0 Å². The second-order valence-electron chi connectivity index (χ2n) is 6.58. The number of allylic oxidation sites excluding steroid dienone is 2. The first kappa shape index (κ1) is 18.6. The van der Waals surface area contributed by atoms with Crippen molar-refractivity contribution in [3.63, 3.8) is 0 Å². The lowest BCUT2D eigenvalue weighted by molar-refractivity contribution is -0.119. The van der Waals surface area contributed by atoms with E-state index in [4.69, 9.17) is 9.15 Å². The second-order valence-corrected chi connectivity index (χ2v) is 6.58. The molecule has 2 heterocycles. The number of ketones is 1. The van der Waals surface area contributed by atoms with E-state index >= 15 is 0 Å². The van der Waals surface area contributed by atoms with Crippen molar-refractivity contribution in [2.45, 2.75) is 33.6 Å². The van der Waals surface area contributed by atoms with Crippen LogP contribution >= 0.6 is 0 Å². The van der Waals surface area contributed by atoms with Crippen LogP contribution in [0.4, 0.5) is 4.79 Å². The van der Waals surface area contributed by atoms with Crippen LogP contribution in [0.2, 0.25) is 0 Å². The lowest BCUT2D eigenvalue weighted by Gasteiger charge is -2.31. The number of aliphatic imine (C=N–C) groups is 1. The van der Waals surface area contributed by atoms with Crippen LogP contribution in [-0.4, -0.2) is 22.8 Å². The molecule has 0 fully saturated rings. The summed E-state index contributed by atoms with van der Waals surface area (Å²) in [5.74, 6) is -1.19. The van der Waals surface area contributed by atoms with E-state index in [-0.39, 0.29) is 17.0 Å². The summed E-state index contributed by atoms with van der Waals surface area (Å²) in [5.41, 5.74) is 1.53. The van der Waals surface area contributed by atoms with E-state index in [1.165, 1.54) is 13.0 Å². The fraction of sp³-hybridized carbons (Fsp3) is 0.300. The Morgan fingerprint density at radius 3 is 2.56 bits per heavy atom. The fourth-order valence-corrected chi connectivity index (χ4v) is 3.65. The molecule has 0 amide bonds. The maximum absolute atomic E-state index is 12.4. The fourth-order valence-electron chi connectivity index (χ4n) is 3.65. The van der Waals surface area contributed by atoms with Gasteiger partial charge in [-0.15, -0.1) is 0 Å². The van der Waals surface area contributed by atoms with Gasteiger partial charge in [0, 0.05) is 17.3 Å². The van der Waals surface area contributed by atoms with E-state index in [9.17, 15) is 19.5 Å². The highest BCUT2D eigenvalue weighted by Crippen LogP contribution is 2.42. The van der Waals surface area contributed by atoms with Gasteiger partial charge in [-0.3, -0.25) is 14.6 Å². The van der Waals surface area contributed by atoms with Gasteiger partial charge in [-0.25, -0.2) is 4.79 Å². The number of nitrogens with zero attached hydrogens (tertiary/aromatic N) is 1. The van der Waals surface area contributed by atoms with Crippen molar-refractivity contribution in [1.29, 1.82) is 0 Å². The van der Waals surface area contributed by atoms with E-state index in [0.717, 1.165) is 0 Å². The smallest absolute Gasteiger partial charge is 0.461 e. The number of Topliss-reactive ketones (excluding diaryl/α,β-unsaturated/α-hetero) is 1. The highest BCUT2D eigenvalue weighted by molar-refractivity contribution is 6.06. The van der Waals surface area contributed by atoms with Crippen molar-refractivity contribution in [3.05, 3.63) is 57.3 Å². The maximum Gasteiger partial charge on any atom is 0.511 e. The second kappa shape index (κ2) is 6.83. The van der Waals surface area contributed by atoms with Crippen molar-refractivity contribution >= 4 is 28.6 Å². The molecule has 0 aliphatic carbocycles. The van der Waals surface area contributed by atoms with Crippen LogP contribution in [0.5, 0.6) is 0 Å². The van der Waals surface area contributed by atoms with E-state index < -0.39 is 18.0 Å². The normalized spacial score (nSPS) is 19.8. The molecule has 140 valence electrons. The molecule has 0 saturated carbocycles. The number of carbonyl (C=O) groups excluding carboxylic acids is 1. The summed E-state index contributed by atoms with van der Waals surface area (Å²) in [5, 5.41) is 9.53. The number of carbonyl (C=O) groups is 2. The van der Waals surface area contributed by atoms with Crippen molar-refractivity contribution in [3.8, 4) is 0 Å². The summed E-state index contributed by atoms with van der Waals surface area (Å²) in [6, 6.07) is 6.40. The summed E-state index contributed by atoms with van der Waals surface area (Å²) in [7, 11) is 0. The number of rotatable bonds is 3. The molecular formula is C20H19NO6. The van der Waals surface area contributed by atoms with Gasteiger partial charge in [-0.05, 0) is 33.8 Å². The first-order valence-electron chi connectivity index (χ1n) is 8.41. The van der Waals surface area contributed by atoms with Crippen LogP contribution in [0.3, 0.4) is 0 Å². The van der Waals surface area contributed by atoms with E-state index in [1.807, 2.05) is 0 Å². The highest BCUT2D eigenvalue weighted by atomic mass is 16.7. The minimum Gasteiger partial charge on any atom is -0.461 e. The lowest BCUT2D eigenvalue weighted by atomic mass is 9.77. The van der Waals surface area contributed by atoms with Gasteiger partial charge in [0.1, 0.15) is 22.9 Å². The molecule has 1 N–H and O–H groups in total. The Morgan fingerprint density at radius 2 is 1.93 bits per heavy atom. The van der Waals surface area contributed by atoms with E-state index in [2.05, 4.69) is 4.99 Å². The summed E-state index contributed by atoms with van der Waals surface area (Å²) < 4.78 is 10.8. The number of ether oxygens (including phenoxy) is 1. The number of benzene rings is 1. The molecule has 3 rings (SSSR count). The highest BCUT2D eigenvalue weighted by Gasteiger charge is 2.40. The molecule has 0 saturated heterocycles. The van der Waals surface area contributed by atoms with Crippen LogP contribution in [0.15, 0.2) is 49.9 Å². The minimum atomic E-state index is -1.50. The molecular weight excluding hydrogens is 350 g/mol. The van der Waals surface area contributed by atoms with Gasteiger partial charge in [0.15, 0.2) is 5.43 Å². The molecule has 2 aromatic rings. The molecule has 1 aromatic carbocycles. The Morgan fingerprint density at radius 1 is 1.22 bits per heavy atom. The van der Waals surface area contributed by atoms with Gasteiger partial charge < -0.3 is 14.3 Å². The molecule has 27 heavy (non-hydrogen) atoms. The SMILES string of the molecule is CC(=O)C1C(C)=NC(C)=C(OC(=O)O)[C@@H]1c1cccc2c(=O)cc(C)oc12. The number of carboxylic acid groups (broad SMARTS) is 1. The van der Waals surface area contributed by atoms with Gasteiger partial charge in [0.2, 0.25) is 0 Å². The Kier molecular flexibility index (Phi) is 4.70. The maximum atomic E-state index is 12.4. The average Bonchev–Trinajstić information content (AvgIpc) is 2.55. The predicted molar refractivity (Wildman–Crippen MR) is 99.1 cm³/mol. The molecule has 1 aliphatic heterocycles. The zero-order valence-corrected chi connectivity index (χ0v) is 15.4. The van der Waals surface area contributed by atoms with Crippen LogP contribution in [0.25, 0.3) is 11.0 Å². The summed E-state index contributed by atoms with van der Waals surface area (Å²) in [4.78, 5) is 40.3. The van der Waals surface area contributed by atoms with Gasteiger partial charge in [0.05, 0.1) is 22.9 Å². The van der Waals surface area contributed by atoms with Crippen molar-refractivity contribution in [1.82, 2.24) is 0 Å². The van der Waals surface area contributed by atoms with Gasteiger partial charge in [-0.1, -0.05) is 12.1 Å². The van der Waals surface area contributed by atoms with E-state index in [0.29, 0.717) is 33.7 Å². The van der Waals surface area contributed by atoms with Crippen molar-refractivity contribution in [2.75, 3.05) is 0 Å². The van der Waals surface area contributed by atoms with Crippen molar-refractivity contribution in [2.24, 2.45) is 10.9 Å². The van der Waals surface area contributed by atoms with Crippen LogP contribution in [-0.2, 0) is 9.53 Å². The molecule has 7 heteroatoms. The van der Waals surface area contributed by atoms with Crippen LogP contribution in [0, 0.1) is 12.8 Å². The standard InChI is InChI=1S/C20H19NO6/c1-9-8-15(23)13-6-5-7-14(19(13)26-9)17-16(12(4)22)10(2)21-11(3)18(17)27-20(24)25/h5-8,16-17H,1-4H3,(H,24,25)/t16?,17-/m1/s1.